The second-order valence-corrected chi connectivity index (χ2v) is 4.68. The molecule has 112 valence electrons. The molecule has 20 heavy (non-hydrogen) atoms. The molecule has 0 aliphatic carbocycles. The molecule has 0 amide bonds. The van der Waals surface area contributed by atoms with Crippen LogP contribution in [0.5, 0.6) is 5.75 Å². The van der Waals surface area contributed by atoms with Gasteiger partial charge in [0.05, 0.1) is 13.7 Å². The number of esters is 1. The maximum atomic E-state index is 12.1. The van der Waals surface area contributed by atoms with Crippen LogP contribution in [0.3, 0.4) is 0 Å². The zero-order valence-corrected chi connectivity index (χ0v) is 12.8. The summed E-state index contributed by atoms with van der Waals surface area (Å²) in [6, 6.07) is 7.26. The number of carbonyl (C=O) groups is 1. The number of carbonyl (C=O) groups excluding carboxylic acids is 1. The van der Waals surface area contributed by atoms with Gasteiger partial charge < -0.3 is 14.8 Å². The molecule has 1 aromatic rings. The Morgan fingerprint density at radius 2 is 1.95 bits per heavy atom. The van der Waals surface area contributed by atoms with Crippen LogP contribution in [-0.2, 0) is 9.53 Å². The lowest BCUT2D eigenvalue weighted by molar-refractivity contribution is -0.145. The van der Waals surface area contributed by atoms with Gasteiger partial charge in [-0.2, -0.15) is 0 Å². The molecule has 0 radical (unpaired) electrons. The third-order valence-electron chi connectivity index (χ3n) is 3.45. The molecule has 1 atom stereocenters. The largest absolute Gasteiger partial charge is 0.497 e. The highest BCUT2D eigenvalue weighted by molar-refractivity contribution is 5.79. The maximum absolute atomic E-state index is 12.1. The standard InChI is InChI=1S/C16H25NO3/c1-5-12(6-2)15(16(18)20-7-3)17-13-9-8-10-14(11-13)19-4/h8-12,15,17H,5-7H2,1-4H3. The minimum absolute atomic E-state index is 0.191. The van der Waals surface area contributed by atoms with Crippen LogP contribution in [0.25, 0.3) is 0 Å². The highest BCUT2D eigenvalue weighted by Crippen LogP contribution is 2.22. The highest BCUT2D eigenvalue weighted by atomic mass is 16.5. The van der Waals surface area contributed by atoms with Crippen LogP contribution in [-0.4, -0.2) is 25.7 Å². The minimum atomic E-state index is -0.322. The molecule has 0 bridgehead atoms. The van der Waals surface area contributed by atoms with Crippen molar-refractivity contribution in [3.8, 4) is 5.75 Å². The van der Waals surface area contributed by atoms with Gasteiger partial charge in [0, 0.05) is 11.8 Å². The van der Waals surface area contributed by atoms with Gasteiger partial charge in [0.1, 0.15) is 11.8 Å². The number of nitrogens with one attached hydrogen (secondary N) is 1. The van der Waals surface area contributed by atoms with E-state index in [0.29, 0.717) is 6.61 Å². The normalized spacial score (nSPS) is 12.1. The first kappa shape index (κ1) is 16.3. The molecule has 4 nitrogen and oxygen atoms in total. The number of methoxy groups -OCH3 is 1. The second kappa shape index (κ2) is 8.46. The van der Waals surface area contributed by atoms with Crippen molar-refractivity contribution in [1.29, 1.82) is 0 Å². The summed E-state index contributed by atoms with van der Waals surface area (Å²) in [5.41, 5.74) is 0.870. The molecule has 0 fully saturated rings. The van der Waals surface area contributed by atoms with Crippen molar-refractivity contribution in [1.82, 2.24) is 0 Å². The molecule has 0 aromatic heterocycles. The lowest BCUT2D eigenvalue weighted by Crippen LogP contribution is -2.38. The van der Waals surface area contributed by atoms with E-state index in [4.69, 9.17) is 9.47 Å². The molecule has 1 rings (SSSR count). The smallest absolute Gasteiger partial charge is 0.328 e. The summed E-state index contributed by atoms with van der Waals surface area (Å²) in [4.78, 5) is 12.1. The average molecular weight is 279 g/mol. The van der Waals surface area contributed by atoms with Crippen molar-refractivity contribution in [3.05, 3.63) is 24.3 Å². The Hall–Kier alpha value is -1.71. The minimum Gasteiger partial charge on any atom is -0.497 e. The number of ether oxygens (including phenoxy) is 2. The van der Waals surface area contributed by atoms with E-state index in [2.05, 4.69) is 19.2 Å². The lowest BCUT2D eigenvalue weighted by Gasteiger charge is -2.25. The Labute approximate surface area is 121 Å². The molecule has 0 saturated carbocycles. The van der Waals surface area contributed by atoms with Crippen LogP contribution in [0.2, 0.25) is 0 Å². The van der Waals surface area contributed by atoms with E-state index in [1.807, 2.05) is 31.2 Å². The molecule has 0 heterocycles. The van der Waals surface area contributed by atoms with Crippen molar-refractivity contribution in [2.24, 2.45) is 5.92 Å². The molecule has 0 saturated heterocycles. The van der Waals surface area contributed by atoms with Crippen molar-refractivity contribution < 1.29 is 14.3 Å². The maximum Gasteiger partial charge on any atom is 0.328 e. The molecular weight excluding hydrogens is 254 g/mol. The van der Waals surface area contributed by atoms with Gasteiger partial charge in [-0.05, 0) is 25.0 Å². The Bertz CT molecular complexity index is 416. The Morgan fingerprint density at radius 1 is 1.25 bits per heavy atom. The van der Waals surface area contributed by atoms with Crippen LogP contribution < -0.4 is 10.1 Å². The first-order valence-corrected chi connectivity index (χ1v) is 7.23. The van der Waals surface area contributed by atoms with Gasteiger partial charge in [-0.1, -0.05) is 32.8 Å². The molecule has 1 aromatic carbocycles. The van der Waals surface area contributed by atoms with E-state index >= 15 is 0 Å². The number of hydrogen-bond donors (Lipinski definition) is 1. The van der Waals surface area contributed by atoms with E-state index in [1.54, 1.807) is 7.11 Å². The van der Waals surface area contributed by atoms with E-state index in [9.17, 15) is 4.79 Å². The molecule has 1 unspecified atom stereocenters. The van der Waals surface area contributed by atoms with Gasteiger partial charge in [-0.3, -0.25) is 0 Å². The quantitative estimate of drug-likeness (QED) is 0.740. The Balaban J connectivity index is 2.89. The number of anilines is 1. The first-order valence-electron chi connectivity index (χ1n) is 7.23. The summed E-state index contributed by atoms with van der Waals surface area (Å²) >= 11 is 0. The number of rotatable bonds is 8. The molecule has 1 N–H and O–H groups in total. The van der Waals surface area contributed by atoms with Gasteiger partial charge in [-0.25, -0.2) is 4.79 Å². The second-order valence-electron chi connectivity index (χ2n) is 4.68. The fourth-order valence-corrected chi connectivity index (χ4v) is 2.25. The fraction of sp³-hybridized carbons (Fsp3) is 0.562. The van der Waals surface area contributed by atoms with Crippen LogP contribution in [0.4, 0.5) is 5.69 Å². The third kappa shape index (κ3) is 4.44. The number of benzene rings is 1. The lowest BCUT2D eigenvalue weighted by atomic mass is 9.94. The van der Waals surface area contributed by atoms with Crippen LogP contribution in [0.15, 0.2) is 24.3 Å². The first-order chi connectivity index (χ1) is 9.65. The van der Waals surface area contributed by atoms with Gasteiger partial charge in [0.15, 0.2) is 0 Å². The average Bonchev–Trinajstić information content (AvgIpc) is 2.48. The summed E-state index contributed by atoms with van der Waals surface area (Å²) in [7, 11) is 1.63. The van der Waals surface area contributed by atoms with Gasteiger partial charge >= 0.3 is 5.97 Å². The van der Waals surface area contributed by atoms with Crippen LogP contribution in [0.1, 0.15) is 33.6 Å². The Kier molecular flexibility index (Phi) is 6.91. The highest BCUT2D eigenvalue weighted by Gasteiger charge is 2.27. The molecular formula is C16H25NO3. The summed E-state index contributed by atoms with van der Waals surface area (Å²) in [6.45, 7) is 6.41. The third-order valence-corrected chi connectivity index (χ3v) is 3.45. The predicted molar refractivity (Wildman–Crippen MR) is 81.1 cm³/mol. The van der Waals surface area contributed by atoms with Gasteiger partial charge in [0.25, 0.3) is 0 Å². The zero-order valence-electron chi connectivity index (χ0n) is 12.8. The molecule has 0 spiro atoms. The topological polar surface area (TPSA) is 47.6 Å². The van der Waals surface area contributed by atoms with Gasteiger partial charge in [-0.15, -0.1) is 0 Å². The Morgan fingerprint density at radius 3 is 2.50 bits per heavy atom. The SMILES string of the molecule is CCOC(=O)C(Nc1cccc(OC)c1)C(CC)CC. The molecule has 0 aliphatic heterocycles. The summed E-state index contributed by atoms with van der Waals surface area (Å²) < 4.78 is 10.4. The van der Waals surface area contributed by atoms with Crippen LogP contribution >= 0.6 is 0 Å². The number of hydrogen-bond acceptors (Lipinski definition) is 4. The van der Waals surface area contributed by atoms with Gasteiger partial charge in [0.2, 0.25) is 0 Å². The van der Waals surface area contributed by atoms with E-state index in [1.165, 1.54) is 0 Å². The molecule has 4 heteroatoms. The summed E-state index contributed by atoms with van der Waals surface area (Å²) in [5, 5.41) is 3.29. The zero-order chi connectivity index (χ0) is 15.0. The van der Waals surface area contributed by atoms with Crippen molar-refractivity contribution >= 4 is 11.7 Å². The van der Waals surface area contributed by atoms with Crippen molar-refractivity contribution in [2.75, 3.05) is 19.0 Å². The van der Waals surface area contributed by atoms with Crippen molar-refractivity contribution in [2.45, 2.75) is 39.7 Å². The van der Waals surface area contributed by atoms with Crippen molar-refractivity contribution in [3.63, 3.8) is 0 Å². The monoisotopic (exact) mass is 279 g/mol. The summed E-state index contributed by atoms with van der Waals surface area (Å²) in [6.07, 6.45) is 1.86. The molecule has 0 aliphatic rings. The fourth-order valence-electron chi connectivity index (χ4n) is 2.25. The van der Waals surface area contributed by atoms with E-state index in [-0.39, 0.29) is 17.9 Å². The van der Waals surface area contributed by atoms with E-state index < -0.39 is 0 Å². The predicted octanol–water partition coefficient (Wildman–Crippen LogP) is 3.48. The van der Waals surface area contributed by atoms with Crippen LogP contribution in [0, 0.1) is 5.92 Å². The van der Waals surface area contributed by atoms with E-state index in [0.717, 1.165) is 24.3 Å². The summed E-state index contributed by atoms with van der Waals surface area (Å²) in [5.74, 6) is 0.825.